The second-order valence-electron chi connectivity index (χ2n) is 9.13. The van der Waals surface area contributed by atoms with Gasteiger partial charge in [-0.05, 0) is 17.9 Å². The van der Waals surface area contributed by atoms with Crippen molar-refractivity contribution in [1.82, 2.24) is 24.0 Å². The van der Waals surface area contributed by atoms with Gasteiger partial charge in [-0.25, -0.2) is 18.4 Å². The van der Waals surface area contributed by atoms with Gasteiger partial charge in [0.25, 0.3) is 0 Å². The van der Waals surface area contributed by atoms with Crippen molar-refractivity contribution in [3.8, 4) is 11.5 Å². The number of aldehydes is 1. The first-order valence-corrected chi connectivity index (χ1v) is 12.1. The van der Waals surface area contributed by atoms with E-state index < -0.39 is 21.7 Å². The third kappa shape index (κ3) is 4.57. The molecular formula is C21H28F3N5O3S. The van der Waals surface area contributed by atoms with Crippen molar-refractivity contribution in [2.45, 2.75) is 51.4 Å². The average Bonchev–Trinajstić information content (AvgIpc) is 3.20. The SMILES string of the molecule is CCS(=O)(=O)c1c(-c2nc(/C=C(\N(C)C)C(F)(F)F)c(C=O)n2C)nc2n1CCC(C)(C)C2. The molecule has 33 heavy (non-hydrogen) atoms. The van der Waals surface area contributed by atoms with Gasteiger partial charge in [-0.1, -0.05) is 20.8 Å². The predicted octanol–water partition coefficient (Wildman–Crippen LogP) is 3.33. The molecule has 3 rings (SSSR count). The summed E-state index contributed by atoms with van der Waals surface area (Å²) in [4.78, 5) is 21.5. The minimum atomic E-state index is -4.67. The molecule has 0 aromatic carbocycles. The molecule has 2 aromatic heterocycles. The maximum absolute atomic E-state index is 13.5. The Balaban J connectivity index is 2.31. The molecule has 0 spiro atoms. The van der Waals surface area contributed by atoms with Gasteiger partial charge in [0, 0.05) is 34.1 Å². The fourth-order valence-electron chi connectivity index (χ4n) is 3.96. The van der Waals surface area contributed by atoms with E-state index in [1.165, 1.54) is 32.6 Å². The summed E-state index contributed by atoms with van der Waals surface area (Å²) in [5.41, 5.74) is -1.35. The fraction of sp³-hybridized carbons (Fsp3) is 0.571. The molecule has 0 atom stereocenters. The van der Waals surface area contributed by atoms with Crippen LogP contribution in [-0.4, -0.2) is 64.7 Å². The number of hydrogen-bond donors (Lipinski definition) is 0. The molecule has 0 aliphatic carbocycles. The van der Waals surface area contributed by atoms with Crippen molar-refractivity contribution in [2.24, 2.45) is 12.5 Å². The average molecular weight is 488 g/mol. The van der Waals surface area contributed by atoms with Gasteiger partial charge in [-0.2, -0.15) is 13.2 Å². The van der Waals surface area contributed by atoms with E-state index in [-0.39, 0.29) is 39.1 Å². The van der Waals surface area contributed by atoms with Crippen LogP contribution in [0.3, 0.4) is 0 Å². The predicted molar refractivity (Wildman–Crippen MR) is 117 cm³/mol. The minimum Gasteiger partial charge on any atom is -0.374 e. The van der Waals surface area contributed by atoms with Gasteiger partial charge in [-0.15, -0.1) is 0 Å². The maximum atomic E-state index is 13.5. The summed E-state index contributed by atoms with van der Waals surface area (Å²) in [6, 6.07) is 0. The number of carbonyl (C=O) groups is 1. The normalized spacial score (nSPS) is 16.6. The molecular weight excluding hydrogens is 459 g/mol. The molecule has 0 bridgehead atoms. The molecule has 8 nitrogen and oxygen atoms in total. The quantitative estimate of drug-likeness (QED) is 0.581. The minimum absolute atomic E-state index is 0.0137. The van der Waals surface area contributed by atoms with Crippen LogP contribution < -0.4 is 0 Å². The summed E-state index contributed by atoms with van der Waals surface area (Å²) < 4.78 is 69.5. The Hall–Kier alpha value is -2.63. The topological polar surface area (TPSA) is 90.1 Å². The van der Waals surface area contributed by atoms with Crippen LogP contribution in [0.15, 0.2) is 10.7 Å². The van der Waals surface area contributed by atoms with Gasteiger partial charge in [0.15, 0.2) is 27.0 Å². The van der Waals surface area contributed by atoms with Crippen molar-refractivity contribution in [3.05, 3.63) is 22.9 Å². The van der Waals surface area contributed by atoms with Crippen LogP contribution in [0, 0.1) is 5.41 Å². The number of rotatable bonds is 6. The van der Waals surface area contributed by atoms with Gasteiger partial charge in [0.2, 0.25) is 0 Å². The highest BCUT2D eigenvalue weighted by atomic mass is 32.2. The lowest BCUT2D eigenvalue weighted by Gasteiger charge is -2.30. The van der Waals surface area contributed by atoms with E-state index in [1.807, 2.05) is 0 Å². The number of fused-ring (bicyclic) bond motifs is 1. The molecule has 1 aliphatic rings. The molecule has 0 fully saturated rings. The largest absolute Gasteiger partial charge is 0.431 e. The summed E-state index contributed by atoms with van der Waals surface area (Å²) in [6.07, 6.45) is -2.21. The Labute approximate surface area is 191 Å². The summed E-state index contributed by atoms with van der Waals surface area (Å²) in [6.45, 7) is 6.09. The van der Waals surface area contributed by atoms with Crippen LogP contribution in [0.2, 0.25) is 0 Å². The molecule has 12 heteroatoms. The van der Waals surface area contributed by atoms with Crippen LogP contribution in [-0.2, 0) is 29.9 Å². The number of imidazole rings is 2. The van der Waals surface area contributed by atoms with Crippen LogP contribution in [0.25, 0.3) is 17.6 Å². The highest BCUT2D eigenvalue weighted by Gasteiger charge is 2.38. The van der Waals surface area contributed by atoms with Crippen LogP contribution in [0.5, 0.6) is 0 Å². The third-order valence-electron chi connectivity index (χ3n) is 5.86. The lowest BCUT2D eigenvalue weighted by molar-refractivity contribution is -0.106. The molecule has 3 heterocycles. The zero-order valence-corrected chi connectivity index (χ0v) is 20.3. The highest BCUT2D eigenvalue weighted by molar-refractivity contribution is 7.91. The van der Waals surface area contributed by atoms with Gasteiger partial charge in [-0.3, -0.25) is 4.79 Å². The van der Waals surface area contributed by atoms with Gasteiger partial charge in [0.05, 0.1) is 11.4 Å². The van der Waals surface area contributed by atoms with E-state index in [9.17, 15) is 26.4 Å². The van der Waals surface area contributed by atoms with E-state index in [1.54, 1.807) is 4.57 Å². The number of aromatic nitrogens is 4. The summed E-state index contributed by atoms with van der Waals surface area (Å²) in [5.74, 6) is 0.422. The van der Waals surface area contributed by atoms with Gasteiger partial charge < -0.3 is 14.0 Å². The van der Waals surface area contributed by atoms with Crippen molar-refractivity contribution in [3.63, 3.8) is 0 Å². The van der Waals surface area contributed by atoms with Crippen LogP contribution in [0.1, 0.15) is 49.2 Å². The Morgan fingerprint density at radius 1 is 1.24 bits per heavy atom. The Bertz CT molecular complexity index is 1220. The molecule has 0 amide bonds. The summed E-state index contributed by atoms with van der Waals surface area (Å²) >= 11 is 0. The smallest absolute Gasteiger partial charge is 0.374 e. The van der Waals surface area contributed by atoms with Crippen LogP contribution in [0.4, 0.5) is 13.2 Å². The van der Waals surface area contributed by atoms with Gasteiger partial charge >= 0.3 is 6.18 Å². The lowest BCUT2D eigenvalue weighted by atomic mass is 9.83. The highest BCUT2D eigenvalue weighted by Crippen LogP contribution is 2.38. The van der Waals surface area contributed by atoms with Crippen molar-refractivity contribution in [1.29, 1.82) is 0 Å². The van der Waals surface area contributed by atoms with Crippen molar-refractivity contribution >= 4 is 22.2 Å². The van der Waals surface area contributed by atoms with Crippen molar-refractivity contribution in [2.75, 3.05) is 19.8 Å². The number of hydrogen-bond acceptors (Lipinski definition) is 6. The standard InChI is InChI=1S/C21H28F3N5O3S/c1-7-33(31,32)19-17(26-16-11-20(2,3)8-9-29(16)19)18-25-13(14(12-30)28(18)6)10-15(27(4)5)21(22,23)24/h10,12H,7-9,11H2,1-6H3/b15-10-. The van der Waals surface area contributed by atoms with E-state index in [2.05, 4.69) is 23.8 Å². The van der Waals surface area contributed by atoms with E-state index in [4.69, 9.17) is 0 Å². The number of carbonyl (C=O) groups excluding carboxylic acids is 1. The first-order chi connectivity index (χ1) is 15.1. The molecule has 2 aromatic rings. The van der Waals surface area contributed by atoms with E-state index in [0.717, 1.165) is 17.4 Å². The molecule has 0 radical (unpaired) electrons. The second-order valence-corrected chi connectivity index (χ2v) is 11.3. The zero-order chi connectivity index (χ0) is 24.9. The molecule has 0 N–H and O–H groups in total. The zero-order valence-electron chi connectivity index (χ0n) is 19.5. The molecule has 182 valence electrons. The van der Waals surface area contributed by atoms with Crippen LogP contribution >= 0.6 is 0 Å². The second kappa shape index (κ2) is 8.30. The number of sulfone groups is 1. The Morgan fingerprint density at radius 3 is 2.39 bits per heavy atom. The van der Waals surface area contributed by atoms with E-state index in [0.29, 0.717) is 25.1 Å². The van der Waals surface area contributed by atoms with E-state index >= 15 is 0 Å². The molecule has 0 saturated heterocycles. The number of nitrogens with zero attached hydrogens (tertiary/aromatic N) is 5. The Morgan fingerprint density at radius 2 is 1.88 bits per heavy atom. The number of alkyl halides is 3. The number of allylic oxidation sites excluding steroid dienone is 1. The summed E-state index contributed by atoms with van der Waals surface area (Å²) in [7, 11) is 0.185. The fourth-order valence-corrected chi connectivity index (χ4v) is 5.20. The first kappa shape index (κ1) is 25.0. The molecule has 1 aliphatic heterocycles. The lowest BCUT2D eigenvalue weighted by Crippen LogP contribution is -2.28. The molecule has 0 unspecified atom stereocenters. The molecule has 0 saturated carbocycles. The number of halogens is 3. The van der Waals surface area contributed by atoms with Gasteiger partial charge in [0.1, 0.15) is 22.9 Å². The third-order valence-corrected chi connectivity index (χ3v) is 7.62. The Kier molecular flexibility index (Phi) is 6.29. The maximum Gasteiger partial charge on any atom is 0.431 e. The monoisotopic (exact) mass is 487 g/mol. The van der Waals surface area contributed by atoms with Crippen molar-refractivity contribution < 1.29 is 26.4 Å². The summed E-state index contributed by atoms with van der Waals surface area (Å²) in [5, 5.41) is -0.0137. The first-order valence-electron chi connectivity index (χ1n) is 10.4.